The van der Waals surface area contributed by atoms with Gasteiger partial charge < -0.3 is 9.84 Å². The predicted octanol–water partition coefficient (Wildman–Crippen LogP) is 5.50. The molecule has 0 unspecified atom stereocenters. The summed E-state index contributed by atoms with van der Waals surface area (Å²) in [6.45, 7) is 7.53. The molecule has 2 aromatic carbocycles. The van der Waals surface area contributed by atoms with Gasteiger partial charge in [-0.25, -0.2) is 0 Å². The maximum Gasteiger partial charge on any atom is 0.306 e. The first-order valence-electron chi connectivity index (χ1n) is 11.8. The van der Waals surface area contributed by atoms with Gasteiger partial charge in [0.2, 0.25) is 0 Å². The molecule has 1 aliphatic rings. The number of ketones is 1. The van der Waals surface area contributed by atoms with Crippen molar-refractivity contribution in [2.75, 3.05) is 7.11 Å². The van der Waals surface area contributed by atoms with Crippen molar-refractivity contribution in [3.63, 3.8) is 0 Å². The molecule has 8 nitrogen and oxygen atoms in total. The maximum atomic E-state index is 12.0. The van der Waals surface area contributed by atoms with Gasteiger partial charge in [-0.2, -0.15) is 0 Å². The molecule has 0 amide bonds. The highest BCUT2D eigenvalue weighted by molar-refractivity contribution is 7.15. The van der Waals surface area contributed by atoms with Gasteiger partial charge in [-0.1, -0.05) is 24.3 Å². The molecule has 2 aromatic heterocycles. The summed E-state index contributed by atoms with van der Waals surface area (Å²) in [5, 5.41) is 19.1. The molecule has 188 valence electrons. The molecule has 4 aromatic rings. The van der Waals surface area contributed by atoms with Crippen molar-refractivity contribution < 1.29 is 19.4 Å². The predicted molar refractivity (Wildman–Crippen MR) is 143 cm³/mol. The van der Waals surface area contributed by atoms with Gasteiger partial charge in [-0.3, -0.25) is 19.1 Å². The Bertz CT molecular complexity index is 1580. The molecule has 1 aliphatic heterocycles. The van der Waals surface area contributed by atoms with Crippen LogP contribution < -0.4 is 4.74 Å². The summed E-state index contributed by atoms with van der Waals surface area (Å²) in [5.41, 5.74) is 5.96. The average Bonchev–Trinajstić information content (AvgIpc) is 3.35. The molecule has 1 N–H and O–H groups in total. The Balaban J connectivity index is 1.67. The number of carboxylic acids is 1. The van der Waals surface area contributed by atoms with E-state index in [4.69, 9.17) is 9.73 Å². The van der Waals surface area contributed by atoms with Gasteiger partial charge in [-0.15, -0.1) is 21.5 Å². The van der Waals surface area contributed by atoms with E-state index in [1.807, 2.05) is 41.8 Å². The van der Waals surface area contributed by atoms with E-state index in [0.717, 1.165) is 43.4 Å². The van der Waals surface area contributed by atoms with Crippen LogP contribution in [0.25, 0.3) is 16.1 Å². The van der Waals surface area contributed by atoms with Crippen molar-refractivity contribution in [2.45, 2.75) is 40.2 Å². The fraction of sp³-hybridized carbons (Fsp3) is 0.250. The van der Waals surface area contributed by atoms with Crippen molar-refractivity contribution in [3.05, 3.63) is 81.2 Å². The van der Waals surface area contributed by atoms with E-state index in [1.54, 1.807) is 30.6 Å². The summed E-state index contributed by atoms with van der Waals surface area (Å²) in [4.78, 5) is 29.8. The Kier molecular flexibility index (Phi) is 6.25. The first-order chi connectivity index (χ1) is 17.7. The van der Waals surface area contributed by atoms with Crippen molar-refractivity contribution in [1.29, 1.82) is 0 Å². The number of carbonyl (C=O) groups excluding carboxylic acids is 1. The third-order valence-electron chi connectivity index (χ3n) is 6.68. The van der Waals surface area contributed by atoms with Gasteiger partial charge in [0, 0.05) is 27.1 Å². The van der Waals surface area contributed by atoms with Crippen molar-refractivity contribution >= 4 is 28.8 Å². The van der Waals surface area contributed by atoms with E-state index in [0.29, 0.717) is 23.0 Å². The number of hydrogen-bond acceptors (Lipinski definition) is 7. The van der Waals surface area contributed by atoms with Gasteiger partial charge in [0.15, 0.2) is 11.6 Å². The minimum atomic E-state index is -0.953. The lowest BCUT2D eigenvalue weighted by Crippen LogP contribution is -2.10. The second-order valence-electron chi connectivity index (χ2n) is 9.04. The van der Waals surface area contributed by atoms with Crippen LogP contribution in [0.4, 0.5) is 0 Å². The van der Waals surface area contributed by atoms with Crippen LogP contribution in [-0.4, -0.2) is 44.4 Å². The van der Waals surface area contributed by atoms with E-state index < -0.39 is 12.0 Å². The van der Waals surface area contributed by atoms with Crippen molar-refractivity contribution in [2.24, 2.45) is 4.99 Å². The van der Waals surface area contributed by atoms with Crippen LogP contribution in [0, 0.1) is 20.8 Å². The van der Waals surface area contributed by atoms with Gasteiger partial charge in [0.1, 0.15) is 22.6 Å². The van der Waals surface area contributed by atoms with E-state index in [2.05, 4.69) is 24.0 Å². The third kappa shape index (κ3) is 4.25. The molecule has 5 rings (SSSR count). The monoisotopic (exact) mass is 514 g/mol. The lowest BCUT2D eigenvalue weighted by Gasteiger charge is -2.13. The number of aryl methyl sites for hydroxylation is 2. The summed E-state index contributed by atoms with van der Waals surface area (Å²) in [6, 6.07) is 12.6. The number of hydrogen-bond donors (Lipinski definition) is 1. The number of methoxy groups -OCH3 is 1. The second kappa shape index (κ2) is 9.40. The number of carboxylic acid groups (broad SMARTS) is 1. The Morgan fingerprint density at radius 2 is 1.76 bits per heavy atom. The number of thiophene rings is 1. The van der Waals surface area contributed by atoms with E-state index >= 15 is 0 Å². The molecule has 9 heteroatoms. The zero-order chi connectivity index (χ0) is 26.4. The van der Waals surface area contributed by atoms with Crippen molar-refractivity contribution in [1.82, 2.24) is 14.8 Å². The number of aromatic nitrogens is 3. The summed E-state index contributed by atoms with van der Waals surface area (Å²) >= 11 is 1.63. The van der Waals surface area contributed by atoms with Gasteiger partial charge >= 0.3 is 5.97 Å². The van der Waals surface area contributed by atoms with Gasteiger partial charge in [0.05, 0.1) is 19.2 Å². The Morgan fingerprint density at radius 1 is 1.05 bits per heavy atom. The molecule has 0 saturated carbocycles. The van der Waals surface area contributed by atoms with Gasteiger partial charge in [0.25, 0.3) is 0 Å². The number of nitrogens with zero attached hydrogens (tertiary/aromatic N) is 4. The molecule has 0 bridgehead atoms. The number of fused-ring (bicyclic) bond motifs is 3. The smallest absolute Gasteiger partial charge is 0.306 e. The minimum absolute atomic E-state index is 0.0177. The van der Waals surface area contributed by atoms with Crippen LogP contribution in [0.5, 0.6) is 5.75 Å². The van der Waals surface area contributed by atoms with Gasteiger partial charge in [-0.05, 0) is 57.0 Å². The highest BCUT2D eigenvalue weighted by atomic mass is 32.1. The zero-order valence-electron chi connectivity index (χ0n) is 21.2. The first-order valence-corrected chi connectivity index (χ1v) is 12.6. The number of aliphatic carboxylic acids is 1. The Hall–Kier alpha value is -4.11. The fourth-order valence-corrected chi connectivity index (χ4v) is 5.86. The highest BCUT2D eigenvalue weighted by Crippen LogP contribution is 2.40. The van der Waals surface area contributed by atoms with Crippen molar-refractivity contribution in [3.8, 4) is 21.9 Å². The summed E-state index contributed by atoms with van der Waals surface area (Å²) < 4.78 is 7.49. The summed E-state index contributed by atoms with van der Waals surface area (Å²) in [6.07, 6.45) is -0.193. The Morgan fingerprint density at radius 3 is 2.41 bits per heavy atom. The molecule has 1 atom stereocenters. The standard InChI is InChI=1S/C28H26N4O4S/c1-14-16(3)37-28-25(14)26(29-22(13-24(34)35)27-31-30-17(4)32(27)28)19-8-6-18(7-9-19)21-12-20(15(2)33)10-11-23(21)36-5/h6-12,22H,13H2,1-5H3,(H,34,35)/t22-/m0/s1. The average molecular weight is 515 g/mol. The molecule has 0 fully saturated rings. The highest BCUT2D eigenvalue weighted by Gasteiger charge is 2.32. The maximum absolute atomic E-state index is 12.0. The summed E-state index contributed by atoms with van der Waals surface area (Å²) in [7, 11) is 1.60. The molecule has 0 radical (unpaired) electrons. The van der Waals surface area contributed by atoms with Crippen LogP contribution in [0.15, 0.2) is 47.5 Å². The third-order valence-corrected chi connectivity index (χ3v) is 7.88. The summed E-state index contributed by atoms with van der Waals surface area (Å²) in [5.74, 6) is 0.921. The molecule has 3 heterocycles. The molecular formula is C28H26N4O4S. The van der Waals surface area contributed by atoms with E-state index in [1.165, 1.54) is 6.92 Å². The number of Topliss-reactive ketones (excluding diaryl/α,β-unsaturated/α-hetero) is 1. The van der Waals surface area contributed by atoms with E-state index in [-0.39, 0.29) is 12.2 Å². The molecule has 0 aliphatic carbocycles. The first kappa shape index (κ1) is 24.6. The van der Waals surface area contributed by atoms with Crippen LogP contribution in [-0.2, 0) is 4.79 Å². The number of rotatable bonds is 6. The minimum Gasteiger partial charge on any atom is -0.496 e. The topological polar surface area (TPSA) is 107 Å². The number of aliphatic imine (C=N–C) groups is 1. The second-order valence-corrected chi connectivity index (χ2v) is 10.2. The van der Waals surface area contributed by atoms with Crippen LogP contribution in [0.2, 0.25) is 0 Å². The fourth-order valence-electron chi connectivity index (χ4n) is 4.65. The Labute approximate surface area is 218 Å². The lowest BCUT2D eigenvalue weighted by atomic mass is 9.95. The molecule has 37 heavy (non-hydrogen) atoms. The normalized spacial score (nSPS) is 14.4. The number of benzene rings is 2. The van der Waals surface area contributed by atoms with Crippen LogP contribution in [0.1, 0.15) is 63.0 Å². The number of carbonyl (C=O) groups is 2. The van der Waals surface area contributed by atoms with Crippen LogP contribution in [0.3, 0.4) is 0 Å². The van der Waals surface area contributed by atoms with Crippen LogP contribution >= 0.6 is 11.3 Å². The SMILES string of the molecule is COc1ccc(C(C)=O)cc1-c1ccc(C2=N[C@@H](CC(=O)O)c3nnc(C)n3-c3sc(C)c(C)c32)cc1. The van der Waals surface area contributed by atoms with E-state index in [9.17, 15) is 14.7 Å². The number of ether oxygens (including phenoxy) is 1. The lowest BCUT2D eigenvalue weighted by molar-refractivity contribution is -0.137. The molecule has 0 spiro atoms. The zero-order valence-corrected chi connectivity index (χ0v) is 22.0. The molecule has 0 saturated heterocycles. The molecular weight excluding hydrogens is 488 g/mol. The quantitative estimate of drug-likeness (QED) is 0.341. The largest absolute Gasteiger partial charge is 0.496 e.